The van der Waals surface area contributed by atoms with Gasteiger partial charge in [0.05, 0.1) is 33.2 Å². The van der Waals surface area contributed by atoms with Gasteiger partial charge in [0.1, 0.15) is 11.2 Å². The van der Waals surface area contributed by atoms with Crippen LogP contribution in [0.2, 0.25) is 0 Å². The topological polar surface area (TPSA) is 106 Å². The van der Waals surface area contributed by atoms with Gasteiger partial charge in [0.25, 0.3) is 5.56 Å². The number of anilines is 2. The lowest BCUT2D eigenvalue weighted by molar-refractivity contribution is 0.0694. The molecule has 2 saturated heterocycles. The van der Waals surface area contributed by atoms with Crippen LogP contribution in [0.1, 0.15) is 22.3 Å². The number of nitrogens with one attached hydrogen (secondary N) is 2. The second-order valence-electron chi connectivity index (χ2n) is 11.1. The highest BCUT2D eigenvalue weighted by atomic mass is 19.2. The van der Waals surface area contributed by atoms with E-state index in [2.05, 4.69) is 32.1 Å². The van der Waals surface area contributed by atoms with E-state index in [1.54, 1.807) is 32.4 Å². The third kappa shape index (κ3) is 3.65. The zero-order valence-corrected chi connectivity index (χ0v) is 22.8. The van der Waals surface area contributed by atoms with Gasteiger partial charge in [-0.1, -0.05) is 6.07 Å². The van der Waals surface area contributed by atoms with Gasteiger partial charge < -0.3 is 25.2 Å². The van der Waals surface area contributed by atoms with E-state index in [9.17, 15) is 19.1 Å². The van der Waals surface area contributed by atoms with Crippen LogP contribution < -0.4 is 15.8 Å². The number of carbonyl (C=O) groups is 1. The van der Waals surface area contributed by atoms with E-state index in [0.717, 1.165) is 32.1 Å². The number of hydrogen-bond donors (Lipinski definition) is 3. The average Bonchev–Trinajstić information content (AvgIpc) is 3.64. The molecule has 9 nitrogen and oxygen atoms in total. The van der Waals surface area contributed by atoms with Crippen LogP contribution in [0.3, 0.4) is 0 Å². The minimum absolute atomic E-state index is 0.116. The number of aromatic carboxylic acids is 1. The van der Waals surface area contributed by atoms with Gasteiger partial charge in [-0.2, -0.15) is 0 Å². The van der Waals surface area contributed by atoms with Crippen LogP contribution in [-0.4, -0.2) is 70.1 Å². The van der Waals surface area contributed by atoms with Crippen molar-refractivity contribution in [1.82, 2.24) is 19.3 Å². The summed E-state index contributed by atoms with van der Waals surface area (Å²) in [6.07, 6.45) is 4.26. The predicted octanol–water partition coefficient (Wildman–Crippen LogP) is 4.46. The molecule has 0 radical (unpaired) electrons. The van der Waals surface area contributed by atoms with Gasteiger partial charge in [0.15, 0.2) is 11.6 Å². The second-order valence-corrected chi connectivity index (χ2v) is 11.1. The average molecular weight is 559 g/mol. The molecule has 0 amide bonds. The lowest BCUT2D eigenvalue weighted by Gasteiger charge is -2.29. The number of rotatable bonds is 4. The van der Waals surface area contributed by atoms with E-state index >= 15 is 4.39 Å². The molecule has 2 atom stereocenters. The van der Waals surface area contributed by atoms with Gasteiger partial charge in [0, 0.05) is 62.3 Å². The van der Waals surface area contributed by atoms with Crippen LogP contribution in [0.15, 0.2) is 41.5 Å². The van der Waals surface area contributed by atoms with Crippen LogP contribution in [0.5, 0.6) is 0 Å². The Balaban J connectivity index is 1.57. The normalized spacial score (nSPS) is 19.1. The summed E-state index contributed by atoms with van der Waals surface area (Å²) in [4.78, 5) is 37.4. The summed E-state index contributed by atoms with van der Waals surface area (Å²) in [5.41, 5.74) is 3.50. The number of hydrogen-bond acceptors (Lipinski definition) is 6. The number of nitrogens with zero attached hydrogens (tertiary/aromatic N) is 4. The summed E-state index contributed by atoms with van der Waals surface area (Å²) in [7, 11) is 3.73. The van der Waals surface area contributed by atoms with Crippen molar-refractivity contribution < 1.29 is 18.7 Å². The molecule has 0 bridgehead atoms. The van der Waals surface area contributed by atoms with Crippen molar-refractivity contribution in [3.63, 3.8) is 0 Å². The predicted molar refractivity (Wildman–Crippen MR) is 154 cm³/mol. The number of H-pyrrole nitrogens is 1. The summed E-state index contributed by atoms with van der Waals surface area (Å²) in [5.74, 6) is -2.79. The lowest BCUT2D eigenvalue weighted by atomic mass is 10.00. The smallest absolute Gasteiger partial charge is 0.341 e. The number of likely N-dealkylation sites (tertiary alicyclic amines) is 1. The van der Waals surface area contributed by atoms with Crippen molar-refractivity contribution in [2.75, 3.05) is 43.9 Å². The second kappa shape index (κ2) is 9.00. The molecule has 4 aromatic heterocycles. The molecule has 11 heteroatoms. The Hall–Kier alpha value is -4.51. The number of carboxylic acids is 1. The first-order chi connectivity index (χ1) is 19.7. The first-order valence-electron chi connectivity index (χ1n) is 13.5. The van der Waals surface area contributed by atoms with E-state index in [1.807, 2.05) is 6.07 Å². The number of carboxylic acid groups (broad SMARTS) is 1. The minimum Gasteiger partial charge on any atom is -0.477 e. The largest absolute Gasteiger partial charge is 0.477 e. The number of aromatic nitrogens is 3. The maximum absolute atomic E-state index is 15.7. The number of aryl methyl sites for hydroxylation is 1. The molecule has 1 aromatic carbocycles. The molecule has 2 aliphatic heterocycles. The van der Waals surface area contributed by atoms with Gasteiger partial charge in [-0.25, -0.2) is 18.6 Å². The van der Waals surface area contributed by atoms with Gasteiger partial charge >= 0.3 is 5.97 Å². The van der Waals surface area contributed by atoms with Crippen molar-refractivity contribution in [3.05, 3.63) is 69.8 Å². The van der Waals surface area contributed by atoms with Crippen molar-refractivity contribution in [2.45, 2.75) is 19.4 Å². The SMILES string of the molecule is CNc1cc(F)c(F)c2c1[nH]c1ncc(-c3ccc4c(C)cc(C(=O)O)c(=O)n4c3)c(N3CCC4CN(C)C[C@H]43)c12. The van der Waals surface area contributed by atoms with E-state index in [0.29, 0.717) is 56.0 Å². The molecule has 2 aliphatic rings. The third-order valence-corrected chi connectivity index (χ3v) is 8.76. The Kier molecular flexibility index (Phi) is 5.59. The van der Waals surface area contributed by atoms with E-state index < -0.39 is 23.2 Å². The third-order valence-electron chi connectivity index (χ3n) is 8.76. The van der Waals surface area contributed by atoms with Gasteiger partial charge in [0.2, 0.25) is 0 Å². The maximum Gasteiger partial charge on any atom is 0.341 e. The fraction of sp³-hybridized carbons (Fsp3) is 0.300. The van der Waals surface area contributed by atoms with Crippen molar-refractivity contribution in [1.29, 1.82) is 0 Å². The lowest BCUT2D eigenvalue weighted by Crippen LogP contribution is -2.35. The number of halogens is 2. The molecule has 0 saturated carbocycles. The van der Waals surface area contributed by atoms with Crippen molar-refractivity contribution >= 4 is 44.8 Å². The highest BCUT2D eigenvalue weighted by Crippen LogP contribution is 2.46. The maximum atomic E-state index is 15.7. The Morgan fingerprint density at radius 3 is 2.76 bits per heavy atom. The molecule has 5 aromatic rings. The zero-order valence-electron chi connectivity index (χ0n) is 22.8. The highest BCUT2D eigenvalue weighted by Gasteiger charge is 2.42. The van der Waals surface area contributed by atoms with E-state index in [1.165, 1.54) is 10.5 Å². The standard InChI is InChI=1S/C30H28F2N6O3/c1-14-8-17(30(40)41)29(39)38-12-15(4-5-21(14)38)18-10-34-28-24(23-25(32)19(31)9-20(33-2)26(23)35-28)27(18)37-7-6-16-11-36(3)13-22(16)37/h4-5,8-10,12,16,22,33H,6-7,11,13H2,1-3H3,(H,34,35)(H,40,41)/t16?,22-/m1/s1. The molecule has 3 N–H and O–H groups in total. The molecule has 7 rings (SSSR count). The summed E-state index contributed by atoms with van der Waals surface area (Å²) < 4.78 is 31.9. The number of aromatic amines is 1. The number of pyridine rings is 3. The first kappa shape index (κ1) is 25.5. The van der Waals surface area contributed by atoms with Crippen LogP contribution in [-0.2, 0) is 0 Å². The summed E-state index contributed by atoms with van der Waals surface area (Å²) in [5, 5.41) is 13.2. The Bertz CT molecular complexity index is 1980. The van der Waals surface area contributed by atoms with Crippen molar-refractivity contribution in [2.24, 2.45) is 5.92 Å². The summed E-state index contributed by atoms with van der Waals surface area (Å²) in [6.45, 7) is 4.26. The summed E-state index contributed by atoms with van der Waals surface area (Å²) in [6, 6.07) is 6.30. The van der Waals surface area contributed by atoms with E-state index in [4.69, 9.17) is 0 Å². The number of likely N-dealkylation sites (N-methyl/N-ethyl adjacent to an activating group) is 1. The molecule has 210 valence electrons. The number of benzene rings is 1. The van der Waals surface area contributed by atoms with Crippen molar-refractivity contribution in [3.8, 4) is 11.1 Å². The Morgan fingerprint density at radius 1 is 1.20 bits per heavy atom. The Morgan fingerprint density at radius 2 is 2.00 bits per heavy atom. The fourth-order valence-corrected chi connectivity index (χ4v) is 6.88. The summed E-state index contributed by atoms with van der Waals surface area (Å²) >= 11 is 0. The molecule has 41 heavy (non-hydrogen) atoms. The number of fused-ring (bicyclic) bond motifs is 5. The molecule has 6 heterocycles. The zero-order chi connectivity index (χ0) is 28.7. The molecule has 0 aliphatic carbocycles. The van der Waals surface area contributed by atoms with Crippen LogP contribution in [0.25, 0.3) is 38.6 Å². The molecule has 0 spiro atoms. The quantitative estimate of drug-likeness (QED) is 0.299. The molecule has 1 unspecified atom stereocenters. The monoisotopic (exact) mass is 558 g/mol. The van der Waals surface area contributed by atoms with Gasteiger partial charge in [-0.05, 0) is 44.0 Å². The minimum atomic E-state index is -1.30. The van der Waals surface area contributed by atoms with Crippen LogP contribution in [0.4, 0.5) is 20.2 Å². The molecule has 2 fully saturated rings. The fourth-order valence-electron chi connectivity index (χ4n) is 6.88. The van der Waals surface area contributed by atoms with Gasteiger partial charge in [-0.3, -0.25) is 9.20 Å². The van der Waals surface area contributed by atoms with Crippen LogP contribution in [0, 0.1) is 24.5 Å². The van der Waals surface area contributed by atoms with E-state index in [-0.39, 0.29) is 17.0 Å². The highest BCUT2D eigenvalue weighted by molar-refractivity contribution is 6.18. The van der Waals surface area contributed by atoms with Crippen LogP contribution >= 0.6 is 0 Å². The molecular formula is C30H28F2N6O3. The van der Waals surface area contributed by atoms with Gasteiger partial charge in [-0.15, -0.1) is 0 Å². The Labute approximate surface area is 233 Å². The molecular weight excluding hydrogens is 530 g/mol. The first-order valence-corrected chi connectivity index (χ1v) is 13.5.